The molecule has 1 fully saturated rings. The van der Waals surface area contributed by atoms with Crippen LogP contribution in [0.2, 0.25) is 0 Å². The number of hydrogen-bond acceptors (Lipinski definition) is 3. The Morgan fingerprint density at radius 2 is 2.06 bits per heavy atom. The minimum absolute atomic E-state index is 0.0184. The summed E-state index contributed by atoms with van der Waals surface area (Å²) in [6.07, 6.45) is 2.68. The van der Waals surface area contributed by atoms with Gasteiger partial charge in [-0.1, -0.05) is 13.8 Å². The zero-order chi connectivity index (χ0) is 13.2. The Morgan fingerprint density at radius 3 is 2.53 bits per heavy atom. The minimum atomic E-state index is -0.777. The molecular weight excluding hydrogens is 236 g/mol. The third-order valence-corrected chi connectivity index (χ3v) is 4.11. The van der Waals surface area contributed by atoms with Gasteiger partial charge in [-0.15, -0.1) is 0 Å². The highest BCUT2D eigenvalue weighted by atomic mass is 32.2. The maximum Gasteiger partial charge on any atom is 0.248 e. The number of amides is 2. The van der Waals surface area contributed by atoms with E-state index >= 15 is 0 Å². The van der Waals surface area contributed by atoms with E-state index in [4.69, 9.17) is 0 Å². The van der Waals surface area contributed by atoms with Gasteiger partial charge in [0, 0.05) is 11.8 Å². The fraction of sp³-hybridized carbons (Fsp3) is 0.833. The largest absolute Gasteiger partial charge is 0.340 e. The van der Waals surface area contributed by atoms with E-state index in [1.54, 1.807) is 30.5 Å². The molecule has 4 nitrogen and oxygen atoms in total. The molecule has 5 heteroatoms. The molecule has 0 aliphatic carbocycles. The molecule has 98 valence electrons. The lowest BCUT2D eigenvalue weighted by Crippen LogP contribution is -2.68. The Labute approximate surface area is 108 Å². The average molecular weight is 258 g/mol. The van der Waals surface area contributed by atoms with Crippen LogP contribution in [0.25, 0.3) is 0 Å². The van der Waals surface area contributed by atoms with Gasteiger partial charge in [0.2, 0.25) is 11.8 Å². The summed E-state index contributed by atoms with van der Waals surface area (Å²) in [5.74, 6) is -0.0183. The fourth-order valence-electron chi connectivity index (χ4n) is 2.05. The SMILES string of the molecule is CCC1C(=O)NC(C)(C)C(=O)N1CC(C)SC. The number of carbonyl (C=O) groups excluding carboxylic acids is 2. The number of thioether (sulfide) groups is 1. The van der Waals surface area contributed by atoms with Crippen molar-refractivity contribution in [3.05, 3.63) is 0 Å². The van der Waals surface area contributed by atoms with Gasteiger partial charge >= 0.3 is 0 Å². The molecule has 0 aromatic rings. The van der Waals surface area contributed by atoms with Gasteiger partial charge in [-0.05, 0) is 26.5 Å². The molecule has 2 amide bonds. The number of carbonyl (C=O) groups is 2. The quantitative estimate of drug-likeness (QED) is 0.826. The average Bonchev–Trinajstić information content (AvgIpc) is 2.25. The zero-order valence-corrected chi connectivity index (χ0v) is 12.1. The van der Waals surface area contributed by atoms with Crippen molar-refractivity contribution < 1.29 is 9.59 Å². The molecule has 1 heterocycles. The second-order valence-electron chi connectivity index (χ2n) is 5.04. The molecule has 2 atom stereocenters. The van der Waals surface area contributed by atoms with E-state index in [9.17, 15) is 9.59 Å². The van der Waals surface area contributed by atoms with Gasteiger partial charge in [0.25, 0.3) is 0 Å². The van der Waals surface area contributed by atoms with E-state index in [-0.39, 0.29) is 17.9 Å². The summed E-state index contributed by atoms with van der Waals surface area (Å²) in [7, 11) is 0. The Bertz CT molecular complexity index is 318. The Kier molecular flexibility index (Phi) is 4.47. The molecule has 1 aliphatic rings. The maximum absolute atomic E-state index is 12.3. The van der Waals surface area contributed by atoms with Crippen molar-refractivity contribution >= 4 is 23.6 Å². The number of piperazine rings is 1. The Hall–Kier alpha value is -0.710. The van der Waals surface area contributed by atoms with Crippen molar-refractivity contribution in [2.24, 2.45) is 0 Å². The smallest absolute Gasteiger partial charge is 0.248 e. The van der Waals surface area contributed by atoms with Crippen LogP contribution in [0.3, 0.4) is 0 Å². The molecule has 1 aliphatic heterocycles. The second kappa shape index (κ2) is 5.29. The van der Waals surface area contributed by atoms with E-state index in [0.717, 1.165) is 0 Å². The number of nitrogens with zero attached hydrogens (tertiary/aromatic N) is 1. The molecule has 1 saturated heterocycles. The molecule has 1 rings (SSSR count). The van der Waals surface area contributed by atoms with Gasteiger partial charge in [0.15, 0.2) is 0 Å². The Morgan fingerprint density at radius 1 is 1.47 bits per heavy atom. The maximum atomic E-state index is 12.3. The molecule has 1 N–H and O–H groups in total. The number of hydrogen-bond donors (Lipinski definition) is 1. The normalized spacial score (nSPS) is 25.7. The van der Waals surface area contributed by atoms with Crippen molar-refractivity contribution in [2.75, 3.05) is 12.8 Å². The highest BCUT2D eigenvalue weighted by Gasteiger charge is 2.44. The summed E-state index contributed by atoms with van der Waals surface area (Å²) in [4.78, 5) is 26.0. The lowest BCUT2D eigenvalue weighted by molar-refractivity contribution is -0.153. The lowest BCUT2D eigenvalue weighted by atomic mass is 9.95. The highest BCUT2D eigenvalue weighted by Crippen LogP contribution is 2.21. The van der Waals surface area contributed by atoms with Crippen molar-refractivity contribution in [3.63, 3.8) is 0 Å². The van der Waals surface area contributed by atoms with Gasteiger partial charge in [-0.25, -0.2) is 0 Å². The van der Waals surface area contributed by atoms with E-state index in [1.807, 2.05) is 13.2 Å². The summed E-state index contributed by atoms with van der Waals surface area (Å²) in [5, 5.41) is 3.13. The summed E-state index contributed by atoms with van der Waals surface area (Å²) >= 11 is 1.71. The van der Waals surface area contributed by atoms with Gasteiger partial charge in [0.1, 0.15) is 11.6 Å². The van der Waals surface area contributed by atoms with Crippen LogP contribution in [-0.4, -0.2) is 46.3 Å². The van der Waals surface area contributed by atoms with E-state index < -0.39 is 5.54 Å². The van der Waals surface area contributed by atoms with Gasteiger partial charge in [-0.3, -0.25) is 9.59 Å². The molecule has 0 spiro atoms. The van der Waals surface area contributed by atoms with Crippen molar-refractivity contribution in [1.29, 1.82) is 0 Å². The van der Waals surface area contributed by atoms with Crippen LogP contribution >= 0.6 is 11.8 Å². The fourth-order valence-corrected chi connectivity index (χ4v) is 2.36. The summed E-state index contributed by atoms with van der Waals surface area (Å²) < 4.78 is 0. The number of nitrogens with one attached hydrogen (secondary N) is 1. The van der Waals surface area contributed by atoms with E-state index in [1.165, 1.54) is 0 Å². The molecule has 0 bridgehead atoms. The molecule has 0 aromatic heterocycles. The first kappa shape index (κ1) is 14.4. The van der Waals surface area contributed by atoms with Crippen LogP contribution in [-0.2, 0) is 9.59 Å². The van der Waals surface area contributed by atoms with Crippen LogP contribution in [0.15, 0.2) is 0 Å². The van der Waals surface area contributed by atoms with E-state index in [0.29, 0.717) is 18.2 Å². The van der Waals surface area contributed by atoms with Crippen LogP contribution in [0.5, 0.6) is 0 Å². The minimum Gasteiger partial charge on any atom is -0.340 e. The summed E-state index contributed by atoms with van der Waals surface area (Å²) in [5.41, 5.74) is -0.777. The number of rotatable bonds is 4. The van der Waals surface area contributed by atoms with E-state index in [2.05, 4.69) is 12.2 Å². The molecule has 0 aromatic carbocycles. The van der Waals surface area contributed by atoms with Crippen LogP contribution in [0, 0.1) is 0 Å². The third-order valence-electron chi connectivity index (χ3n) is 3.15. The lowest BCUT2D eigenvalue weighted by Gasteiger charge is -2.43. The Balaban J connectivity index is 2.93. The summed E-state index contributed by atoms with van der Waals surface area (Å²) in [6, 6.07) is -0.315. The standard InChI is InChI=1S/C12H22N2O2S/c1-6-9-10(15)13-12(3,4)11(16)14(9)7-8(2)17-5/h8-9H,6-7H2,1-5H3,(H,13,15). The topological polar surface area (TPSA) is 49.4 Å². The van der Waals surface area contributed by atoms with Crippen molar-refractivity contribution in [1.82, 2.24) is 10.2 Å². The zero-order valence-electron chi connectivity index (χ0n) is 11.2. The molecule has 17 heavy (non-hydrogen) atoms. The van der Waals surface area contributed by atoms with Crippen molar-refractivity contribution in [3.8, 4) is 0 Å². The third kappa shape index (κ3) is 2.94. The first-order valence-corrected chi connectivity index (χ1v) is 7.28. The van der Waals surface area contributed by atoms with Crippen molar-refractivity contribution in [2.45, 2.75) is 50.9 Å². The molecular formula is C12H22N2O2S. The molecule has 0 saturated carbocycles. The van der Waals surface area contributed by atoms with Crippen LogP contribution in [0.4, 0.5) is 0 Å². The monoisotopic (exact) mass is 258 g/mol. The highest BCUT2D eigenvalue weighted by molar-refractivity contribution is 7.99. The van der Waals surface area contributed by atoms with Gasteiger partial charge in [-0.2, -0.15) is 11.8 Å². The van der Waals surface area contributed by atoms with Crippen LogP contribution < -0.4 is 5.32 Å². The first-order valence-electron chi connectivity index (χ1n) is 5.99. The van der Waals surface area contributed by atoms with Crippen LogP contribution in [0.1, 0.15) is 34.1 Å². The van der Waals surface area contributed by atoms with Gasteiger partial charge < -0.3 is 10.2 Å². The molecule has 0 radical (unpaired) electrons. The summed E-state index contributed by atoms with van der Waals surface area (Å²) in [6.45, 7) is 8.16. The van der Waals surface area contributed by atoms with Gasteiger partial charge in [0.05, 0.1) is 0 Å². The predicted octanol–water partition coefficient (Wildman–Crippen LogP) is 1.25. The first-order chi connectivity index (χ1) is 7.83. The molecule has 2 unspecified atom stereocenters. The predicted molar refractivity (Wildman–Crippen MR) is 71.0 cm³/mol. The second-order valence-corrected chi connectivity index (χ2v) is 6.32.